The lowest BCUT2D eigenvalue weighted by atomic mass is 10.1. The molecule has 0 saturated heterocycles. The number of rotatable bonds is 5. The highest BCUT2D eigenvalue weighted by Crippen LogP contribution is 2.37. The molecular formula is C26H29N7O2. The lowest BCUT2D eigenvalue weighted by Crippen LogP contribution is -2.38. The van der Waals surface area contributed by atoms with Crippen LogP contribution in [0.15, 0.2) is 55.0 Å². The van der Waals surface area contributed by atoms with Crippen LogP contribution in [0, 0.1) is 5.92 Å². The number of hydrogen-bond acceptors (Lipinski definition) is 7. The smallest absolute Gasteiger partial charge is 0.255 e. The minimum Gasteiger partial charge on any atom is -0.351 e. The SMILES string of the molecule is CC1CN(C2CCCC2)c2nc(Nc3cccc(C(=O)Nc4ccncc4)c3)ncc2N(C)C1=O. The normalized spacial score (nSPS) is 18.2. The van der Waals surface area contributed by atoms with Gasteiger partial charge in [0.15, 0.2) is 5.82 Å². The van der Waals surface area contributed by atoms with E-state index in [2.05, 4.69) is 25.5 Å². The van der Waals surface area contributed by atoms with Gasteiger partial charge in [0.2, 0.25) is 11.9 Å². The number of nitrogens with zero attached hydrogens (tertiary/aromatic N) is 5. The zero-order chi connectivity index (χ0) is 24.4. The number of pyridine rings is 1. The highest BCUT2D eigenvalue weighted by atomic mass is 16.2. The summed E-state index contributed by atoms with van der Waals surface area (Å²) in [5.41, 5.74) is 2.61. The summed E-state index contributed by atoms with van der Waals surface area (Å²) in [6, 6.07) is 11.0. The second-order valence-corrected chi connectivity index (χ2v) is 9.19. The molecule has 1 aliphatic carbocycles. The number of hydrogen-bond donors (Lipinski definition) is 2. The van der Waals surface area contributed by atoms with Crippen molar-refractivity contribution in [1.29, 1.82) is 0 Å². The molecule has 0 bridgehead atoms. The number of carbonyl (C=O) groups excluding carboxylic acids is 2. The van der Waals surface area contributed by atoms with Crippen molar-refractivity contribution in [1.82, 2.24) is 15.0 Å². The molecule has 180 valence electrons. The second-order valence-electron chi connectivity index (χ2n) is 9.19. The summed E-state index contributed by atoms with van der Waals surface area (Å²) in [4.78, 5) is 42.8. The van der Waals surface area contributed by atoms with Crippen LogP contribution in [-0.2, 0) is 4.79 Å². The lowest BCUT2D eigenvalue weighted by molar-refractivity contribution is -0.121. The average molecular weight is 472 g/mol. The van der Waals surface area contributed by atoms with E-state index in [9.17, 15) is 9.59 Å². The van der Waals surface area contributed by atoms with Crippen molar-refractivity contribution in [3.63, 3.8) is 0 Å². The maximum Gasteiger partial charge on any atom is 0.255 e. The second kappa shape index (κ2) is 9.69. The van der Waals surface area contributed by atoms with Crippen LogP contribution >= 0.6 is 0 Å². The maximum atomic E-state index is 12.9. The summed E-state index contributed by atoms with van der Waals surface area (Å²) in [6.45, 7) is 2.61. The molecule has 5 rings (SSSR count). The van der Waals surface area contributed by atoms with Gasteiger partial charge in [-0.1, -0.05) is 25.8 Å². The van der Waals surface area contributed by atoms with Gasteiger partial charge in [-0.05, 0) is 43.2 Å². The maximum absolute atomic E-state index is 12.9. The molecule has 2 amide bonds. The Morgan fingerprint density at radius 3 is 2.63 bits per heavy atom. The van der Waals surface area contributed by atoms with Crippen molar-refractivity contribution in [2.75, 3.05) is 34.0 Å². The summed E-state index contributed by atoms with van der Waals surface area (Å²) < 4.78 is 0. The molecule has 1 aromatic carbocycles. The van der Waals surface area contributed by atoms with Gasteiger partial charge in [0, 0.05) is 49.0 Å². The minimum absolute atomic E-state index is 0.0731. The van der Waals surface area contributed by atoms with Gasteiger partial charge in [-0.3, -0.25) is 14.6 Å². The van der Waals surface area contributed by atoms with Crippen molar-refractivity contribution in [2.45, 2.75) is 38.6 Å². The van der Waals surface area contributed by atoms with E-state index in [-0.39, 0.29) is 17.7 Å². The average Bonchev–Trinajstić information content (AvgIpc) is 3.39. The minimum atomic E-state index is -0.218. The van der Waals surface area contributed by atoms with Gasteiger partial charge in [0.05, 0.1) is 12.1 Å². The largest absolute Gasteiger partial charge is 0.351 e. The van der Waals surface area contributed by atoms with Gasteiger partial charge >= 0.3 is 0 Å². The van der Waals surface area contributed by atoms with Gasteiger partial charge < -0.3 is 20.4 Å². The summed E-state index contributed by atoms with van der Waals surface area (Å²) in [7, 11) is 1.79. The number of amides is 2. The van der Waals surface area contributed by atoms with Crippen molar-refractivity contribution in [3.8, 4) is 0 Å². The van der Waals surface area contributed by atoms with Crippen LogP contribution in [0.2, 0.25) is 0 Å². The molecule has 2 aliphatic rings. The predicted octanol–water partition coefficient (Wildman–Crippen LogP) is 4.23. The van der Waals surface area contributed by atoms with Gasteiger partial charge in [-0.2, -0.15) is 4.98 Å². The summed E-state index contributed by atoms with van der Waals surface area (Å²) >= 11 is 0. The Kier molecular flexibility index (Phi) is 6.31. The van der Waals surface area contributed by atoms with E-state index in [0.717, 1.165) is 24.3 Å². The molecule has 3 heterocycles. The number of aromatic nitrogens is 3. The van der Waals surface area contributed by atoms with Crippen molar-refractivity contribution >= 4 is 40.6 Å². The molecule has 9 nitrogen and oxygen atoms in total. The zero-order valence-corrected chi connectivity index (χ0v) is 19.9. The van der Waals surface area contributed by atoms with Crippen LogP contribution in [0.4, 0.5) is 28.8 Å². The van der Waals surface area contributed by atoms with E-state index in [1.165, 1.54) is 12.8 Å². The Balaban J connectivity index is 1.41. The molecule has 1 saturated carbocycles. The highest BCUT2D eigenvalue weighted by Gasteiger charge is 2.35. The van der Waals surface area contributed by atoms with E-state index in [1.807, 2.05) is 19.1 Å². The molecule has 0 spiro atoms. The molecule has 0 radical (unpaired) electrons. The van der Waals surface area contributed by atoms with Crippen LogP contribution in [0.25, 0.3) is 0 Å². The first-order chi connectivity index (χ1) is 17.0. The van der Waals surface area contributed by atoms with Crippen LogP contribution in [0.5, 0.6) is 0 Å². The van der Waals surface area contributed by atoms with E-state index < -0.39 is 0 Å². The number of fused-ring (bicyclic) bond motifs is 1. The van der Waals surface area contributed by atoms with Crippen LogP contribution in [0.1, 0.15) is 43.0 Å². The molecule has 1 aliphatic heterocycles. The monoisotopic (exact) mass is 471 g/mol. The van der Waals surface area contributed by atoms with Gasteiger partial charge in [-0.25, -0.2) is 4.98 Å². The fourth-order valence-electron chi connectivity index (χ4n) is 4.83. The van der Waals surface area contributed by atoms with E-state index in [4.69, 9.17) is 4.98 Å². The quantitative estimate of drug-likeness (QED) is 0.574. The Morgan fingerprint density at radius 1 is 1.09 bits per heavy atom. The van der Waals surface area contributed by atoms with Gasteiger partial charge in [-0.15, -0.1) is 0 Å². The highest BCUT2D eigenvalue weighted by molar-refractivity contribution is 6.04. The van der Waals surface area contributed by atoms with E-state index >= 15 is 0 Å². The molecule has 1 fully saturated rings. The third-order valence-electron chi connectivity index (χ3n) is 6.69. The molecule has 3 aromatic rings. The van der Waals surface area contributed by atoms with E-state index in [1.54, 1.807) is 54.8 Å². The number of carbonyl (C=O) groups is 2. The van der Waals surface area contributed by atoms with Crippen LogP contribution < -0.4 is 20.4 Å². The molecular weight excluding hydrogens is 442 g/mol. The zero-order valence-electron chi connectivity index (χ0n) is 19.9. The Morgan fingerprint density at radius 2 is 1.86 bits per heavy atom. The molecule has 1 unspecified atom stereocenters. The molecule has 9 heteroatoms. The van der Waals surface area contributed by atoms with E-state index in [0.29, 0.717) is 35.5 Å². The summed E-state index contributed by atoms with van der Waals surface area (Å²) in [6.07, 6.45) is 9.56. The lowest BCUT2D eigenvalue weighted by Gasteiger charge is -2.31. The third kappa shape index (κ3) is 4.80. The third-order valence-corrected chi connectivity index (χ3v) is 6.69. The number of nitrogens with one attached hydrogen (secondary N) is 2. The topological polar surface area (TPSA) is 103 Å². The van der Waals surface area contributed by atoms with Crippen molar-refractivity contribution < 1.29 is 9.59 Å². The summed E-state index contributed by atoms with van der Waals surface area (Å²) in [5, 5.41) is 6.10. The van der Waals surface area contributed by atoms with Crippen LogP contribution in [-0.4, -0.2) is 46.4 Å². The first-order valence-electron chi connectivity index (χ1n) is 12.0. The standard InChI is InChI=1S/C26H29N7O2/c1-17-16-33(21-8-3-4-9-21)23-22(32(2)25(17)35)15-28-26(31-23)30-20-7-5-6-18(14-20)24(34)29-19-10-12-27-13-11-19/h5-7,10-15,17,21H,3-4,8-9,16H2,1-2H3,(H,27,29,34)(H,28,30,31). The molecule has 1 atom stereocenters. The van der Waals surface area contributed by atoms with Gasteiger partial charge in [0.25, 0.3) is 5.91 Å². The first-order valence-corrected chi connectivity index (χ1v) is 12.0. The fourth-order valence-corrected chi connectivity index (χ4v) is 4.83. The van der Waals surface area contributed by atoms with Crippen molar-refractivity contribution in [3.05, 3.63) is 60.6 Å². The van der Waals surface area contributed by atoms with Crippen molar-refractivity contribution in [2.24, 2.45) is 5.92 Å². The predicted molar refractivity (Wildman–Crippen MR) is 136 cm³/mol. The molecule has 2 N–H and O–H groups in total. The summed E-state index contributed by atoms with van der Waals surface area (Å²) in [5.74, 6) is 0.935. The Hall–Kier alpha value is -4.01. The first kappa shape index (κ1) is 22.8. The Bertz CT molecular complexity index is 1230. The number of anilines is 5. The van der Waals surface area contributed by atoms with Crippen LogP contribution in [0.3, 0.4) is 0 Å². The fraction of sp³-hybridized carbons (Fsp3) is 0.346. The molecule has 35 heavy (non-hydrogen) atoms. The number of benzene rings is 1. The Labute approximate surface area is 204 Å². The molecule has 2 aromatic heterocycles. The van der Waals surface area contributed by atoms with Gasteiger partial charge in [0.1, 0.15) is 5.69 Å².